The highest BCUT2D eigenvalue weighted by Crippen LogP contribution is 2.20. The summed E-state index contributed by atoms with van der Waals surface area (Å²) in [6, 6.07) is 8.89. The Kier molecular flexibility index (Phi) is 2.48. The van der Waals surface area contributed by atoms with E-state index in [0.29, 0.717) is 5.69 Å². The van der Waals surface area contributed by atoms with Crippen LogP contribution in [0.4, 0.5) is 5.69 Å². The molecule has 1 aromatic carbocycles. The molecule has 0 saturated carbocycles. The maximum Gasteiger partial charge on any atom is 0.252 e. The number of benzene rings is 1. The topological polar surface area (TPSA) is 51.1 Å². The van der Waals surface area contributed by atoms with Gasteiger partial charge in [0.05, 0.1) is 11.2 Å². The summed E-state index contributed by atoms with van der Waals surface area (Å²) in [7, 11) is 1.71. The van der Waals surface area contributed by atoms with Crippen molar-refractivity contribution in [3.63, 3.8) is 0 Å². The predicted octanol–water partition coefficient (Wildman–Crippen LogP) is 1.50. The summed E-state index contributed by atoms with van der Waals surface area (Å²) in [5, 5.41) is 3.52. The zero-order valence-electron chi connectivity index (χ0n) is 9.15. The van der Waals surface area contributed by atoms with Crippen LogP contribution in [0.5, 0.6) is 0 Å². The Hall–Kier alpha value is -2.10. The van der Waals surface area contributed by atoms with Crippen LogP contribution in [-0.2, 0) is 11.8 Å². The van der Waals surface area contributed by atoms with Crippen LogP contribution >= 0.6 is 0 Å². The molecular formula is C12H12N2O2. The van der Waals surface area contributed by atoms with Crippen LogP contribution in [0.1, 0.15) is 6.92 Å². The van der Waals surface area contributed by atoms with Crippen molar-refractivity contribution in [2.45, 2.75) is 6.92 Å². The molecule has 4 heteroatoms. The van der Waals surface area contributed by atoms with Gasteiger partial charge in [-0.05, 0) is 6.07 Å². The molecular weight excluding hydrogens is 204 g/mol. The van der Waals surface area contributed by atoms with Crippen LogP contribution in [0.2, 0.25) is 0 Å². The number of hydrogen-bond acceptors (Lipinski definition) is 2. The van der Waals surface area contributed by atoms with Crippen molar-refractivity contribution in [3.8, 4) is 0 Å². The molecule has 1 aromatic heterocycles. The molecule has 0 radical (unpaired) electrons. The Morgan fingerprint density at radius 2 is 2.00 bits per heavy atom. The van der Waals surface area contributed by atoms with E-state index < -0.39 is 0 Å². The van der Waals surface area contributed by atoms with Gasteiger partial charge in [-0.15, -0.1) is 0 Å². The first-order valence-electron chi connectivity index (χ1n) is 4.96. The number of pyridine rings is 1. The van der Waals surface area contributed by atoms with Gasteiger partial charge >= 0.3 is 0 Å². The molecule has 0 saturated heterocycles. The number of carbonyl (C=O) groups excluding carboxylic acids is 1. The number of aromatic nitrogens is 1. The minimum atomic E-state index is -0.182. The number of aryl methyl sites for hydroxylation is 1. The second-order valence-corrected chi connectivity index (χ2v) is 3.65. The second-order valence-electron chi connectivity index (χ2n) is 3.65. The molecule has 2 aromatic rings. The van der Waals surface area contributed by atoms with E-state index in [1.54, 1.807) is 11.6 Å². The molecule has 16 heavy (non-hydrogen) atoms. The largest absolute Gasteiger partial charge is 0.326 e. The zero-order valence-corrected chi connectivity index (χ0v) is 9.15. The van der Waals surface area contributed by atoms with Crippen LogP contribution in [0.25, 0.3) is 10.9 Å². The number of rotatable bonds is 1. The van der Waals surface area contributed by atoms with Crippen molar-refractivity contribution in [1.82, 2.24) is 4.57 Å². The quantitative estimate of drug-likeness (QED) is 0.785. The third-order valence-corrected chi connectivity index (χ3v) is 2.46. The number of fused-ring (bicyclic) bond motifs is 1. The molecule has 4 nitrogen and oxygen atoms in total. The van der Waals surface area contributed by atoms with Crippen molar-refractivity contribution in [3.05, 3.63) is 40.7 Å². The van der Waals surface area contributed by atoms with Crippen LogP contribution in [0.3, 0.4) is 0 Å². The van der Waals surface area contributed by atoms with Crippen LogP contribution < -0.4 is 10.9 Å². The van der Waals surface area contributed by atoms with E-state index in [1.807, 2.05) is 24.3 Å². The van der Waals surface area contributed by atoms with Gasteiger partial charge in [-0.2, -0.15) is 0 Å². The minimum absolute atomic E-state index is 0.137. The normalized spacial score (nSPS) is 10.4. The van der Waals surface area contributed by atoms with E-state index in [0.717, 1.165) is 10.9 Å². The molecule has 0 unspecified atom stereocenters. The number of nitrogens with one attached hydrogen (secondary N) is 1. The maximum absolute atomic E-state index is 11.6. The van der Waals surface area contributed by atoms with E-state index in [4.69, 9.17) is 0 Å². The minimum Gasteiger partial charge on any atom is -0.326 e. The summed E-state index contributed by atoms with van der Waals surface area (Å²) in [4.78, 5) is 22.7. The van der Waals surface area contributed by atoms with Gasteiger partial charge in [-0.1, -0.05) is 18.2 Å². The van der Waals surface area contributed by atoms with Crippen molar-refractivity contribution in [2.24, 2.45) is 7.05 Å². The van der Waals surface area contributed by atoms with Crippen molar-refractivity contribution in [1.29, 1.82) is 0 Å². The average molecular weight is 216 g/mol. The number of nitrogens with zero attached hydrogens (tertiary/aromatic N) is 1. The number of carbonyl (C=O) groups is 1. The molecule has 0 fully saturated rings. The first-order chi connectivity index (χ1) is 7.59. The fraction of sp³-hybridized carbons (Fsp3) is 0.167. The lowest BCUT2D eigenvalue weighted by Gasteiger charge is -2.09. The number of para-hydroxylation sites is 1. The summed E-state index contributed by atoms with van der Waals surface area (Å²) < 4.78 is 1.56. The molecule has 0 bridgehead atoms. The van der Waals surface area contributed by atoms with Crippen LogP contribution in [0.15, 0.2) is 35.1 Å². The molecule has 82 valence electrons. The highest BCUT2D eigenvalue weighted by atomic mass is 16.1. The highest BCUT2D eigenvalue weighted by Gasteiger charge is 2.06. The monoisotopic (exact) mass is 216 g/mol. The lowest BCUT2D eigenvalue weighted by atomic mass is 10.2. The first-order valence-corrected chi connectivity index (χ1v) is 4.96. The van der Waals surface area contributed by atoms with Crippen molar-refractivity contribution < 1.29 is 4.79 Å². The summed E-state index contributed by atoms with van der Waals surface area (Å²) in [6.45, 7) is 1.42. The lowest BCUT2D eigenvalue weighted by molar-refractivity contribution is -0.114. The van der Waals surface area contributed by atoms with Crippen molar-refractivity contribution >= 4 is 22.5 Å². The van der Waals surface area contributed by atoms with Gasteiger partial charge in [0.25, 0.3) is 5.56 Å². The molecule has 1 N–H and O–H groups in total. The standard InChI is InChI=1S/C12H12N2O2/c1-8(15)13-10-7-12(16)14(2)11-6-4-3-5-9(10)11/h3-7H,1-2H3,(H,13,15). The van der Waals surface area contributed by atoms with E-state index in [9.17, 15) is 9.59 Å². The summed E-state index contributed by atoms with van der Waals surface area (Å²) in [6.07, 6.45) is 0. The number of amides is 1. The number of anilines is 1. The molecule has 0 spiro atoms. The molecule has 1 heterocycles. The predicted molar refractivity (Wildman–Crippen MR) is 63.5 cm³/mol. The highest BCUT2D eigenvalue weighted by molar-refractivity contribution is 6.00. The third-order valence-electron chi connectivity index (χ3n) is 2.46. The van der Waals surface area contributed by atoms with Gasteiger partial charge in [0, 0.05) is 25.4 Å². The van der Waals surface area contributed by atoms with Gasteiger partial charge in [0.15, 0.2) is 0 Å². The van der Waals surface area contributed by atoms with Crippen LogP contribution in [-0.4, -0.2) is 10.5 Å². The molecule has 0 aliphatic rings. The van der Waals surface area contributed by atoms with Crippen LogP contribution in [0, 0.1) is 0 Å². The smallest absolute Gasteiger partial charge is 0.252 e. The Morgan fingerprint density at radius 3 is 2.69 bits per heavy atom. The second kappa shape index (κ2) is 3.81. The lowest BCUT2D eigenvalue weighted by Crippen LogP contribution is -2.18. The molecule has 1 amide bonds. The van der Waals surface area contributed by atoms with Gasteiger partial charge in [-0.3, -0.25) is 9.59 Å². The zero-order chi connectivity index (χ0) is 11.7. The van der Waals surface area contributed by atoms with Gasteiger partial charge < -0.3 is 9.88 Å². The maximum atomic E-state index is 11.6. The molecule has 0 aliphatic heterocycles. The number of hydrogen-bond donors (Lipinski definition) is 1. The summed E-state index contributed by atoms with van der Waals surface area (Å²) in [5.41, 5.74) is 1.23. The molecule has 0 aliphatic carbocycles. The summed E-state index contributed by atoms with van der Waals surface area (Å²) in [5.74, 6) is -0.182. The summed E-state index contributed by atoms with van der Waals surface area (Å²) >= 11 is 0. The van der Waals surface area contributed by atoms with E-state index >= 15 is 0 Å². The third kappa shape index (κ3) is 1.69. The van der Waals surface area contributed by atoms with Gasteiger partial charge in [0.2, 0.25) is 5.91 Å². The van der Waals surface area contributed by atoms with Gasteiger partial charge in [-0.25, -0.2) is 0 Å². The van der Waals surface area contributed by atoms with E-state index in [2.05, 4.69) is 5.32 Å². The van der Waals surface area contributed by atoms with Gasteiger partial charge in [0.1, 0.15) is 0 Å². The fourth-order valence-electron chi connectivity index (χ4n) is 1.70. The van der Waals surface area contributed by atoms with E-state index in [1.165, 1.54) is 13.0 Å². The Bertz CT molecular complexity index is 614. The molecule has 0 atom stereocenters. The van der Waals surface area contributed by atoms with E-state index in [-0.39, 0.29) is 11.5 Å². The average Bonchev–Trinajstić information content (AvgIpc) is 2.25. The Morgan fingerprint density at radius 1 is 1.31 bits per heavy atom. The molecule has 2 rings (SSSR count). The fourth-order valence-corrected chi connectivity index (χ4v) is 1.70. The van der Waals surface area contributed by atoms with Crippen molar-refractivity contribution in [2.75, 3.05) is 5.32 Å². The first kappa shape index (κ1) is 10.4. The Labute approximate surface area is 92.5 Å². The Balaban J connectivity index is 2.79. The SMILES string of the molecule is CC(=O)Nc1cc(=O)n(C)c2ccccc12.